The van der Waals surface area contributed by atoms with Crippen LogP contribution in [-0.2, 0) is 29.9 Å². The number of benzene rings is 2. The fourth-order valence-corrected chi connectivity index (χ4v) is 3.62. The van der Waals surface area contributed by atoms with Crippen molar-refractivity contribution in [3.05, 3.63) is 59.7 Å². The third-order valence-corrected chi connectivity index (χ3v) is 4.85. The van der Waals surface area contributed by atoms with Crippen molar-refractivity contribution in [3.8, 4) is 0 Å². The Bertz CT molecular complexity index is 1050. The summed E-state index contributed by atoms with van der Waals surface area (Å²) >= 11 is 0. The number of esters is 1. The van der Waals surface area contributed by atoms with Crippen molar-refractivity contribution in [2.75, 3.05) is 29.6 Å². The molecule has 3 rings (SSSR count). The molecule has 1 heterocycles. The fourth-order valence-electron chi connectivity index (χ4n) is 2.84. The molecule has 0 unspecified atom stereocenters. The molecule has 8 nitrogen and oxygen atoms in total. The van der Waals surface area contributed by atoms with E-state index in [9.17, 15) is 22.8 Å². The van der Waals surface area contributed by atoms with Crippen LogP contribution in [0.25, 0.3) is 0 Å². The number of hydrogen-bond acceptors (Lipinski definition) is 6. The van der Waals surface area contributed by atoms with Crippen LogP contribution < -0.4 is 10.2 Å². The largest absolute Gasteiger partial charge is 0.452 e. The van der Waals surface area contributed by atoms with Gasteiger partial charge in [-0.25, -0.2) is 13.2 Å². The smallest absolute Gasteiger partial charge is 0.338 e. The molecule has 1 N–H and O–H groups in total. The van der Waals surface area contributed by atoms with Gasteiger partial charge in [0, 0.05) is 6.26 Å². The second-order valence-electron chi connectivity index (χ2n) is 6.39. The van der Waals surface area contributed by atoms with Crippen LogP contribution in [0.5, 0.6) is 0 Å². The number of nitrogens with zero attached hydrogens (tertiary/aromatic N) is 1. The predicted octanol–water partition coefficient (Wildman–Crippen LogP) is 1.37. The van der Waals surface area contributed by atoms with Crippen molar-refractivity contribution in [1.82, 2.24) is 0 Å². The molecule has 2 aromatic carbocycles. The Morgan fingerprint density at radius 3 is 2.64 bits per heavy atom. The van der Waals surface area contributed by atoms with Gasteiger partial charge in [-0.1, -0.05) is 24.3 Å². The van der Waals surface area contributed by atoms with E-state index in [-0.39, 0.29) is 23.8 Å². The summed E-state index contributed by atoms with van der Waals surface area (Å²) < 4.78 is 27.9. The second-order valence-corrected chi connectivity index (χ2v) is 8.53. The van der Waals surface area contributed by atoms with Gasteiger partial charge in [0.2, 0.25) is 5.91 Å². The number of amides is 2. The Morgan fingerprint density at radius 1 is 1.14 bits per heavy atom. The van der Waals surface area contributed by atoms with Crippen LogP contribution >= 0.6 is 0 Å². The van der Waals surface area contributed by atoms with Gasteiger partial charge in [0.25, 0.3) is 5.91 Å². The first kappa shape index (κ1) is 19.6. The van der Waals surface area contributed by atoms with E-state index < -0.39 is 28.3 Å². The van der Waals surface area contributed by atoms with Crippen molar-refractivity contribution >= 4 is 39.0 Å². The van der Waals surface area contributed by atoms with E-state index in [0.717, 1.165) is 6.26 Å². The minimum atomic E-state index is -3.24. The molecule has 0 aromatic heterocycles. The van der Waals surface area contributed by atoms with Crippen LogP contribution in [0.1, 0.15) is 15.9 Å². The molecule has 2 amide bonds. The number of carbonyl (C=O) groups excluding carboxylic acids is 3. The van der Waals surface area contributed by atoms with E-state index in [1.807, 2.05) is 0 Å². The molecule has 9 heteroatoms. The topological polar surface area (TPSA) is 110 Å². The normalized spacial score (nSPS) is 13.5. The number of ether oxygens (including phenoxy) is 1. The maximum atomic E-state index is 12.5. The SMILES string of the molecule is CS(=O)(=O)Cc1cccc(C(=O)OCC(=O)N2CC(=O)Nc3ccccc32)c1. The third-order valence-electron chi connectivity index (χ3n) is 3.99. The monoisotopic (exact) mass is 402 g/mol. The van der Waals surface area contributed by atoms with E-state index in [2.05, 4.69) is 5.32 Å². The first-order chi connectivity index (χ1) is 13.2. The molecule has 0 fully saturated rings. The molecule has 1 aliphatic rings. The number of anilines is 2. The second kappa shape index (κ2) is 7.81. The molecule has 0 aliphatic carbocycles. The van der Waals surface area contributed by atoms with Gasteiger partial charge in [-0.2, -0.15) is 0 Å². The first-order valence-corrected chi connectivity index (χ1v) is 10.4. The summed E-state index contributed by atoms with van der Waals surface area (Å²) in [6.07, 6.45) is 1.10. The first-order valence-electron chi connectivity index (χ1n) is 8.36. The standard InChI is InChI=1S/C19H18N2O6S/c1-28(25,26)12-13-5-4-6-14(9-13)19(24)27-11-18(23)21-10-17(22)20-15-7-2-3-8-16(15)21/h2-9H,10-12H2,1H3,(H,20,22). The number of fused-ring (bicyclic) bond motifs is 1. The molecule has 28 heavy (non-hydrogen) atoms. The quantitative estimate of drug-likeness (QED) is 0.757. The molecular formula is C19H18N2O6S. The highest BCUT2D eigenvalue weighted by Gasteiger charge is 2.27. The highest BCUT2D eigenvalue weighted by atomic mass is 32.2. The lowest BCUT2D eigenvalue weighted by atomic mass is 10.1. The predicted molar refractivity (Wildman–Crippen MR) is 103 cm³/mol. The zero-order chi connectivity index (χ0) is 20.3. The van der Waals surface area contributed by atoms with Gasteiger partial charge >= 0.3 is 5.97 Å². The molecule has 0 saturated heterocycles. The van der Waals surface area contributed by atoms with Gasteiger partial charge in [0.05, 0.1) is 22.7 Å². The molecule has 1 aliphatic heterocycles. The van der Waals surface area contributed by atoms with Crippen molar-refractivity contribution in [1.29, 1.82) is 0 Å². The highest BCUT2D eigenvalue weighted by Crippen LogP contribution is 2.28. The maximum Gasteiger partial charge on any atom is 0.338 e. The van der Waals surface area contributed by atoms with Crippen molar-refractivity contribution in [2.24, 2.45) is 0 Å². The van der Waals surface area contributed by atoms with Gasteiger partial charge in [-0.05, 0) is 29.8 Å². The van der Waals surface area contributed by atoms with Crippen LogP contribution in [0.4, 0.5) is 11.4 Å². The number of nitrogens with one attached hydrogen (secondary N) is 1. The number of rotatable bonds is 5. The summed E-state index contributed by atoms with van der Waals surface area (Å²) in [5, 5.41) is 2.67. The lowest BCUT2D eigenvalue weighted by molar-refractivity contribution is -0.124. The molecule has 146 valence electrons. The van der Waals surface area contributed by atoms with Gasteiger partial charge in [-0.15, -0.1) is 0 Å². The lowest BCUT2D eigenvalue weighted by Gasteiger charge is -2.28. The van der Waals surface area contributed by atoms with E-state index in [0.29, 0.717) is 16.9 Å². The van der Waals surface area contributed by atoms with Crippen LogP contribution in [0.15, 0.2) is 48.5 Å². The average Bonchev–Trinajstić information content (AvgIpc) is 2.64. The maximum absolute atomic E-state index is 12.5. The minimum absolute atomic E-state index is 0.144. The van der Waals surface area contributed by atoms with Crippen LogP contribution in [0.3, 0.4) is 0 Å². The van der Waals surface area contributed by atoms with Gasteiger partial charge < -0.3 is 10.1 Å². The van der Waals surface area contributed by atoms with E-state index in [4.69, 9.17) is 4.74 Å². The number of sulfone groups is 1. The number of carbonyl (C=O) groups is 3. The highest BCUT2D eigenvalue weighted by molar-refractivity contribution is 7.89. The summed E-state index contributed by atoms with van der Waals surface area (Å²) in [6.45, 7) is -0.714. The van der Waals surface area contributed by atoms with Gasteiger partial charge in [-0.3, -0.25) is 14.5 Å². The summed E-state index contributed by atoms with van der Waals surface area (Å²) in [5.41, 5.74) is 1.63. The minimum Gasteiger partial charge on any atom is -0.452 e. The fraction of sp³-hybridized carbons (Fsp3) is 0.211. The third kappa shape index (κ3) is 4.74. The Morgan fingerprint density at radius 2 is 1.89 bits per heavy atom. The van der Waals surface area contributed by atoms with E-state index >= 15 is 0 Å². The molecule has 0 bridgehead atoms. The average molecular weight is 402 g/mol. The van der Waals surface area contributed by atoms with E-state index in [1.54, 1.807) is 36.4 Å². The molecule has 0 atom stereocenters. The van der Waals surface area contributed by atoms with Gasteiger partial charge in [0.15, 0.2) is 16.4 Å². The summed E-state index contributed by atoms with van der Waals surface area (Å²) in [5.74, 6) is -1.83. The Labute approximate surface area is 162 Å². The Hall–Kier alpha value is -3.20. The molecule has 0 spiro atoms. The zero-order valence-electron chi connectivity index (χ0n) is 15.0. The van der Waals surface area contributed by atoms with Crippen molar-refractivity contribution in [2.45, 2.75) is 5.75 Å². The summed E-state index contributed by atoms with van der Waals surface area (Å²) in [4.78, 5) is 37.8. The Kier molecular flexibility index (Phi) is 5.46. The molecule has 2 aromatic rings. The molecular weight excluding hydrogens is 384 g/mol. The number of hydrogen-bond donors (Lipinski definition) is 1. The van der Waals surface area contributed by atoms with Crippen LogP contribution in [0, 0.1) is 0 Å². The Balaban J connectivity index is 1.68. The van der Waals surface area contributed by atoms with E-state index in [1.165, 1.54) is 17.0 Å². The van der Waals surface area contributed by atoms with Crippen LogP contribution in [-0.4, -0.2) is 45.6 Å². The van der Waals surface area contributed by atoms with Crippen molar-refractivity contribution < 1.29 is 27.5 Å². The molecule has 0 radical (unpaired) electrons. The summed E-state index contributed by atoms with van der Waals surface area (Å²) in [7, 11) is -3.24. The zero-order valence-corrected chi connectivity index (χ0v) is 15.9. The van der Waals surface area contributed by atoms with Crippen molar-refractivity contribution in [3.63, 3.8) is 0 Å². The summed E-state index contributed by atoms with van der Waals surface area (Å²) in [6, 6.07) is 12.8. The molecule has 0 saturated carbocycles. The van der Waals surface area contributed by atoms with Gasteiger partial charge in [0.1, 0.15) is 6.54 Å². The number of para-hydroxylation sites is 2. The van der Waals surface area contributed by atoms with Crippen LogP contribution in [0.2, 0.25) is 0 Å². The lowest BCUT2D eigenvalue weighted by Crippen LogP contribution is -2.44.